The number of anilines is 2. The number of carbonyl (C=O) groups excluding carboxylic acids is 4. The molecule has 0 N–H and O–H groups in total. The van der Waals surface area contributed by atoms with Crippen molar-refractivity contribution in [1.29, 1.82) is 0 Å². The van der Waals surface area contributed by atoms with Gasteiger partial charge in [0, 0.05) is 33.3 Å². The van der Waals surface area contributed by atoms with Gasteiger partial charge in [0.25, 0.3) is 0 Å². The van der Waals surface area contributed by atoms with Gasteiger partial charge in [-0.05, 0) is 107 Å². The molecule has 4 aliphatic rings. The zero-order chi connectivity index (χ0) is 41.8. The number of esters is 2. The largest absolute Gasteiger partial charge is 0.465 e. The van der Waals surface area contributed by atoms with Crippen LogP contribution in [0.15, 0.2) is 146 Å². The van der Waals surface area contributed by atoms with Gasteiger partial charge in [-0.1, -0.05) is 108 Å². The molecule has 8 nitrogen and oxygen atoms in total. The molecule has 60 heavy (non-hydrogen) atoms. The highest BCUT2D eigenvalue weighted by atomic mass is 35.5. The SMILES string of the molecule is COC(=O)c1cccc(CN2C(=O)[C@@]3(C[C@H]3c3ccc(Cl)cc3)c3ccccc32)c1.COC(=O)c1cccc(CN2C(=O)[C@]3(C[C@@H]3c3ccc(Cl)cc3)c3ccccc32)c1. The molecule has 4 atom stereocenters. The zero-order valence-electron chi connectivity index (χ0n) is 32.9. The summed E-state index contributed by atoms with van der Waals surface area (Å²) >= 11 is 12.1. The van der Waals surface area contributed by atoms with Gasteiger partial charge in [-0.25, -0.2) is 9.59 Å². The topological polar surface area (TPSA) is 93.2 Å². The van der Waals surface area contributed by atoms with Crippen LogP contribution in [0.2, 0.25) is 10.0 Å². The molecule has 6 aromatic carbocycles. The Hall–Kier alpha value is -6.22. The number of amides is 2. The van der Waals surface area contributed by atoms with Gasteiger partial charge >= 0.3 is 11.9 Å². The average Bonchev–Trinajstić information content (AvgIpc) is 4.19. The first-order valence-corrected chi connectivity index (χ1v) is 20.5. The van der Waals surface area contributed by atoms with Crippen LogP contribution in [0.3, 0.4) is 0 Å². The third-order valence-electron chi connectivity index (χ3n) is 12.4. The maximum absolute atomic E-state index is 13.7. The lowest BCUT2D eigenvalue weighted by Gasteiger charge is -2.19. The third-order valence-corrected chi connectivity index (χ3v) is 13.0. The summed E-state index contributed by atoms with van der Waals surface area (Å²) in [6, 6.07) is 46.1. The maximum Gasteiger partial charge on any atom is 0.337 e. The minimum atomic E-state index is -0.510. The Morgan fingerprint density at radius 3 is 1.32 bits per heavy atom. The van der Waals surface area contributed by atoms with Gasteiger partial charge in [-0.2, -0.15) is 0 Å². The molecular formula is C50H40Cl2N2O6. The smallest absolute Gasteiger partial charge is 0.337 e. The summed E-state index contributed by atoms with van der Waals surface area (Å²) in [5.74, 6) is -0.234. The second-order valence-electron chi connectivity index (χ2n) is 15.8. The van der Waals surface area contributed by atoms with Gasteiger partial charge in [-0.3, -0.25) is 9.59 Å². The third kappa shape index (κ3) is 6.64. The Bertz CT molecular complexity index is 2500. The Morgan fingerprint density at radius 1 is 0.550 bits per heavy atom. The minimum Gasteiger partial charge on any atom is -0.465 e. The first-order chi connectivity index (χ1) is 29.1. The number of benzene rings is 6. The quantitative estimate of drug-likeness (QED) is 0.142. The van der Waals surface area contributed by atoms with Crippen LogP contribution < -0.4 is 9.80 Å². The molecule has 2 heterocycles. The van der Waals surface area contributed by atoms with Crippen LogP contribution >= 0.6 is 23.2 Å². The van der Waals surface area contributed by atoms with E-state index in [1.54, 1.807) is 24.3 Å². The molecule has 2 aliphatic heterocycles. The molecule has 2 aliphatic carbocycles. The van der Waals surface area contributed by atoms with E-state index in [2.05, 4.69) is 12.1 Å². The highest BCUT2D eigenvalue weighted by Crippen LogP contribution is 2.67. The number of hydrogen-bond acceptors (Lipinski definition) is 6. The van der Waals surface area contributed by atoms with Crippen molar-refractivity contribution in [2.75, 3.05) is 24.0 Å². The van der Waals surface area contributed by atoms with Crippen LogP contribution in [0.25, 0.3) is 0 Å². The van der Waals surface area contributed by atoms with Crippen molar-refractivity contribution in [1.82, 2.24) is 0 Å². The van der Waals surface area contributed by atoms with Crippen molar-refractivity contribution < 1.29 is 28.7 Å². The predicted octanol–water partition coefficient (Wildman–Crippen LogP) is 10.2. The zero-order valence-corrected chi connectivity index (χ0v) is 34.5. The average molecular weight is 836 g/mol. The Morgan fingerprint density at radius 2 is 0.933 bits per heavy atom. The van der Waals surface area contributed by atoms with Crippen molar-refractivity contribution >= 4 is 58.3 Å². The van der Waals surface area contributed by atoms with E-state index in [1.807, 2.05) is 119 Å². The van der Waals surface area contributed by atoms with Crippen molar-refractivity contribution in [3.63, 3.8) is 0 Å². The van der Waals surface area contributed by atoms with Crippen molar-refractivity contribution in [3.05, 3.63) is 200 Å². The van der Waals surface area contributed by atoms with Crippen LogP contribution in [0, 0.1) is 0 Å². The van der Waals surface area contributed by atoms with E-state index in [0.29, 0.717) is 34.3 Å². The van der Waals surface area contributed by atoms with E-state index in [9.17, 15) is 19.2 Å². The number of hydrogen-bond donors (Lipinski definition) is 0. The number of rotatable bonds is 8. The van der Waals surface area contributed by atoms with Crippen LogP contribution in [0.4, 0.5) is 11.4 Å². The molecule has 0 aromatic heterocycles. The number of para-hydroxylation sites is 2. The summed E-state index contributed by atoms with van der Waals surface area (Å²) in [6.07, 6.45) is 1.59. The summed E-state index contributed by atoms with van der Waals surface area (Å²) in [5, 5.41) is 1.39. The van der Waals surface area contributed by atoms with E-state index in [0.717, 1.165) is 57.6 Å². The molecule has 2 fully saturated rings. The number of nitrogens with zero attached hydrogens (tertiary/aromatic N) is 2. The summed E-state index contributed by atoms with van der Waals surface area (Å²) < 4.78 is 9.65. The Kier molecular flexibility index (Phi) is 10.1. The molecule has 10 heteroatoms. The lowest BCUT2D eigenvalue weighted by Crippen LogP contribution is -2.32. The van der Waals surface area contributed by atoms with E-state index in [4.69, 9.17) is 32.7 Å². The first kappa shape index (κ1) is 39.3. The van der Waals surface area contributed by atoms with Gasteiger partial charge in [0.1, 0.15) is 0 Å². The van der Waals surface area contributed by atoms with E-state index in [-0.39, 0.29) is 35.6 Å². The van der Waals surface area contributed by atoms with E-state index in [1.165, 1.54) is 14.2 Å². The van der Waals surface area contributed by atoms with E-state index < -0.39 is 10.8 Å². The van der Waals surface area contributed by atoms with E-state index >= 15 is 0 Å². The fraction of sp³-hybridized carbons (Fsp3) is 0.200. The molecule has 0 unspecified atom stereocenters. The lowest BCUT2D eigenvalue weighted by molar-refractivity contribution is -0.121. The van der Waals surface area contributed by atoms with Crippen LogP contribution in [-0.2, 0) is 43.0 Å². The molecular weight excluding hydrogens is 795 g/mol. The monoisotopic (exact) mass is 834 g/mol. The van der Waals surface area contributed by atoms with Gasteiger partial charge < -0.3 is 19.3 Å². The van der Waals surface area contributed by atoms with Crippen molar-refractivity contribution in [3.8, 4) is 0 Å². The first-order valence-electron chi connectivity index (χ1n) is 19.8. The van der Waals surface area contributed by atoms with Crippen LogP contribution in [-0.4, -0.2) is 38.0 Å². The number of ether oxygens (including phenoxy) is 2. The van der Waals surface area contributed by atoms with Gasteiger partial charge in [-0.15, -0.1) is 0 Å². The number of fused-ring (bicyclic) bond motifs is 4. The summed E-state index contributed by atoms with van der Waals surface area (Å²) in [5.41, 5.74) is 8.06. The number of halogens is 2. The van der Waals surface area contributed by atoms with Gasteiger partial charge in [0.2, 0.25) is 11.8 Å². The summed E-state index contributed by atoms with van der Waals surface area (Å²) in [7, 11) is 2.73. The normalized spacial score (nSPS) is 21.6. The Labute approximate surface area is 358 Å². The second-order valence-corrected chi connectivity index (χ2v) is 16.6. The summed E-state index contributed by atoms with van der Waals surface area (Å²) in [6.45, 7) is 0.825. The number of carbonyl (C=O) groups is 4. The van der Waals surface area contributed by atoms with Crippen LogP contribution in [0.5, 0.6) is 0 Å². The molecule has 2 spiro atoms. The molecule has 10 rings (SSSR count). The maximum atomic E-state index is 13.7. The fourth-order valence-corrected chi connectivity index (χ4v) is 9.65. The highest BCUT2D eigenvalue weighted by molar-refractivity contribution is 6.30. The molecule has 300 valence electrons. The molecule has 0 saturated heterocycles. The minimum absolute atomic E-state index is 0.118. The second kappa shape index (κ2) is 15.4. The molecule has 2 amide bonds. The summed E-state index contributed by atoms with van der Waals surface area (Å²) in [4.78, 5) is 54.8. The van der Waals surface area contributed by atoms with Gasteiger partial charge in [0.15, 0.2) is 0 Å². The molecule has 0 bridgehead atoms. The fourth-order valence-electron chi connectivity index (χ4n) is 9.40. The predicted molar refractivity (Wildman–Crippen MR) is 232 cm³/mol. The molecule has 2 saturated carbocycles. The van der Waals surface area contributed by atoms with Crippen molar-refractivity contribution in [2.24, 2.45) is 0 Å². The lowest BCUT2D eigenvalue weighted by atomic mass is 9.92. The van der Waals surface area contributed by atoms with Gasteiger partial charge in [0.05, 0.1) is 49.3 Å². The Balaban J connectivity index is 0.000000154. The molecule has 0 radical (unpaired) electrons. The highest BCUT2D eigenvalue weighted by Gasteiger charge is 2.68. The van der Waals surface area contributed by atoms with Crippen molar-refractivity contribution in [2.45, 2.75) is 48.6 Å². The molecule has 6 aromatic rings. The van der Waals surface area contributed by atoms with Crippen LogP contribution in [0.1, 0.15) is 78.8 Å². The number of methoxy groups -OCH3 is 2. The standard InChI is InChI=1S/2C25H20ClNO3/c2*1-30-23(28)18-6-4-5-16(13-18)15-27-22-8-3-2-7-20(22)25(24(27)29)14-21(25)17-9-11-19(26)12-10-17/h2*2-13,21H,14-15H2,1H3/t2*21-,25-/m10/s1.